The molecule has 1 rings (SSSR count). The summed E-state index contributed by atoms with van der Waals surface area (Å²) in [6.07, 6.45) is 1.91. The summed E-state index contributed by atoms with van der Waals surface area (Å²) in [5, 5.41) is 12.1. The van der Waals surface area contributed by atoms with Gasteiger partial charge in [0.2, 0.25) is 0 Å². The van der Waals surface area contributed by atoms with E-state index in [2.05, 4.69) is 19.2 Å². The number of aryl methyl sites for hydroxylation is 1. The van der Waals surface area contributed by atoms with E-state index in [4.69, 9.17) is 9.84 Å². The molecule has 0 spiro atoms. The smallest absolute Gasteiger partial charge is 0.303 e. The highest BCUT2D eigenvalue weighted by molar-refractivity contribution is 5.66. The molecule has 0 saturated heterocycles. The van der Waals surface area contributed by atoms with E-state index in [0.29, 0.717) is 13.0 Å². The minimum atomic E-state index is -0.720. The van der Waals surface area contributed by atoms with E-state index in [-0.39, 0.29) is 11.8 Å². The zero-order chi connectivity index (χ0) is 15.7. The number of nitrogens with one attached hydrogen (secondary N) is 1. The largest absolute Gasteiger partial charge is 0.492 e. The second-order valence-corrected chi connectivity index (χ2v) is 6.22. The average Bonchev–Trinajstić information content (AvgIpc) is 2.41. The van der Waals surface area contributed by atoms with Gasteiger partial charge in [-0.05, 0) is 49.4 Å². The van der Waals surface area contributed by atoms with Crippen molar-refractivity contribution in [2.75, 3.05) is 19.7 Å². The Bertz CT molecular complexity index is 443. The van der Waals surface area contributed by atoms with Crippen LogP contribution in [-0.4, -0.2) is 30.8 Å². The van der Waals surface area contributed by atoms with E-state index in [1.54, 1.807) is 0 Å². The maximum atomic E-state index is 10.6. The Kier molecular flexibility index (Phi) is 7.23. The third kappa shape index (κ3) is 8.35. The Labute approximate surface area is 127 Å². The van der Waals surface area contributed by atoms with Crippen LogP contribution in [-0.2, 0) is 4.79 Å². The molecule has 2 N–H and O–H groups in total. The van der Waals surface area contributed by atoms with Crippen LogP contribution in [0.4, 0.5) is 0 Å². The van der Waals surface area contributed by atoms with Gasteiger partial charge in [-0.3, -0.25) is 4.79 Å². The molecule has 0 aliphatic carbocycles. The number of carboxylic acid groups (broad SMARTS) is 1. The van der Waals surface area contributed by atoms with Crippen molar-refractivity contribution >= 4 is 5.97 Å². The van der Waals surface area contributed by atoms with E-state index in [9.17, 15) is 4.79 Å². The van der Waals surface area contributed by atoms with Gasteiger partial charge < -0.3 is 15.2 Å². The highest BCUT2D eigenvalue weighted by Gasteiger charge is 2.18. The maximum Gasteiger partial charge on any atom is 0.303 e. The number of ether oxygens (including phenoxy) is 1. The van der Waals surface area contributed by atoms with Crippen molar-refractivity contribution in [3.63, 3.8) is 0 Å². The zero-order valence-corrected chi connectivity index (χ0v) is 13.3. The summed E-state index contributed by atoms with van der Waals surface area (Å²) < 4.78 is 5.66. The molecule has 1 aromatic carbocycles. The van der Waals surface area contributed by atoms with Crippen molar-refractivity contribution in [2.45, 2.75) is 40.0 Å². The number of aliphatic carboxylic acids is 1. The van der Waals surface area contributed by atoms with Gasteiger partial charge in [-0.15, -0.1) is 0 Å². The molecule has 0 aromatic heterocycles. The molecule has 21 heavy (non-hydrogen) atoms. The van der Waals surface area contributed by atoms with E-state index in [0.717, 1.165) is 25.3 Å². The van der Waals surface area contributed by atoms with Crippen LogP contribution in [0.1, 0.15) is 38.7 Å². The molecule has 0 saturated carbocycles. The number of benzene rings is 1. The van der Waals surface area contributed by atoms with Crippen LogP contribution >= 0.6 is 0 Å². The number of carboxylic acids is 1. The highest BCUT2D eigenvalue weighted by atomic mass is 16.5. The molecule has 0 atom stereocenters. The quantitative estimate of drug-likeness (QED) is 0.650. The first-order chi connectivity index (χ1) is 9.89. The highest BCUT2D eigenvalue weighted by Crippen LogP contribution is 2.25. The molecule has 0 amide bonds. The minimum Gasteiger partial charge on any atom is -0.492 e. The molecule has 0 aliphatic rings. The molecule has 0 fully saturated rings. The number of hydrogen-bond acceptors (Lipinski definition) is 3. The van der Waals surface area contributed by atoms with Crippen molar-refractivity contribution in [2.24, 2.45) is 5.41 Å². The number of carbonyl (C=O) groups is 1. The molecule has 4 heteroatoms. The van der Waals surface area contributed by atoms with Gasteiger partial charge in [0.05, 0.1) is 0 Å². The summed E-state index contributed by atoms with van der Waals surface area (Å²) in [5.74, 6) is 0.182. The van der Waals surface area contributed by atoms with Crippen LogP contribution in [0.3, 0.4) is 0 Å². The first kappa shape index (κ1) is 17.5. The van der Waals surface area contributed by atoms with Crippen LogP contribution in [0.25, 0.3) is 0 Å². The third-order valence-electron chi connectivity index (χ3n) is 3.53. The number of hydrogen-bond donors (Lipinski definition) is 2. The van der Waals surface area contributed by atoms with Crippen LogP contribution in [0.15, 0.2) is 24.3 Å². The summed E-state index contributed by atoms with van der Waals surface area (Å²) in [7, 11) is 0. The van der Waals surface area contributed by atoms with E-state index < -0.39 is 5.97 Å². The van der Waals surface area contributed by atoms with Gasteiger partial charge in [-0.2, -0.15) is 0 Å². The fraction of sp³-hybridized carbons (Fsp3) is 0.588. The van der Waals surface area contributed by atoms with Crippen LogP contribution < -0.4 is 10.1 Å². The SMILES string of the molecule is Cc1cccc(OCCNCCC(C)(C)CCC(=O)O)c1. The first-order valence-corrected chi connectivity index (χ1v) is 7.51. The lowest BCUT2D eigenvalue weighted by Crippen LogP contribution is -2.26. The average molecular weight is 293 g/mol. The minimum absolute atomic E-state index is 0.0583. The van der Waals surface area contributed by atoms with Crippen molar-refractivity contribution < 1.29 is 14.6 Å². The van der Waals surface area contributed by atoms with Gasteiger partial charge in [0.1, 0.15) is 12.4 Å². The maximum absolute atomic E-state index is 10.6. The lowest BCUT2D eigenvalue weighted by atomic mass is 9.84. The second-order valence-electron chi connectivity index (χ2n) is 6.22. The standard InChI is InChI=1S/C17H27NO3/c1-14-5-4-6-15(13-14)21-12-11-18-10-9-17(2,3)8-7-16(19)20/h4-6,13,18H,7-12H2,1-3H3,(H,19,20). The lowest BCUT2D eigenvalue weighted by Gasteiger charge is -2.23. The van der Waals surface area contributed by atoms with Crippen LogP contribution in [0, 0.1) is 12.3 Å². The summed E-state index contributed by atoms with van der Waals surface area (Å²) >= 11 is 0. The van der Waals surface area contributed by atoms with E-state index >= 15 is 0 Å². The molecular formula is C17H27NO3. The summed E-state index contributed by atoms with van der Waals surface area (Å²) in [6, 6.07) is 8.02. The Morgan fingerprint density at radius 3 is 2.71 bits per heavy atom. The van der Waals surface area contributed by atoms with Gasteiger partial charge in [-0.25, -0.2) is 0 Å². The molecule has 0 radical (unpaired) electrons. The Morgan fingerprint density at radius 2 is 2.05 bits per heavy atom. The monoisotopic (exact) mass is 293 g/mol. The fourth-order valence-electron chi connectivity index (χ4n) is 2.07. The van der Waals surface area contributed by atoms with Crippen LogP contribution in [0.2, 0.25) is 0 Å². The van der Waals surface area contributed by atoms with Crippen molar-refractivity contribution in [1.29, 1.82) is 0 Å². The molecule has 0 heterocycles. The molecule has 1 aromatic rings. The van der Waals surface area contributed by atoms with Crippen LogP contribution in [0.5, 0.6) is 5.75 Å². The topological polar surface area (TPSA) is 58.6 Å². The Balaban J connectivity index is 2.10. The molecule has 0 unspecified atom stereocenters. The van der Waals surface area contributed by atoms with Crippen molar-refractivity contribution in [1.82, 2.24) is 5.32 Å². The molecule has 0 bridgehead atoms. The van der Waals surface area contributed by atoms with Crippen molar-refractivity contribution in [3.8, 4) is 5.75 Å². The van der Waals surface area contributed by atoms with Gasteiger partial charge in [0.25, 0.3) is 0 Å². The van der Waals surface area contributed by atoms with E-state index in [1.807, 2.05) is 31.2 Å². The molecule has 0 aliphatic heterocycles. The molecule has 4 nitrogen and oxygen atoms in total. The predicted molar refractivity (Wildman–Crippen MR) is 84.8 cm³/mol. The van der Waals surface area contributed by atoms with Gasteiger partial charge in [0, 0.05) is 13.0 Å². The summed E-state index contributed by atoms with van der Waals surface area (Å²) in [6.45, 7) is 8.58. The van der Waals surface area contributed by atoms with Crippen molar-refractivity contribution in [3.05, 3.63) is 29.8 Å². The Morgan fingerprint density at radius 1 is 1.29 bits per heavy atom. The first-order valence-electron chi connectivity index (χ1n) is 7.51. The summed E-state index contributed by atoms with van der Waals surface area (Å²) in [4.78, 5) is 10.6. The Hall–Kier alpha value is -1.55. The lowest BCUT2D eigenvalue weighted by molar-refractivity contribution is -0.137. The predicted octanol–water partition coefficient (Wildman–Crippen LogP) is 3.24. The summed E-state index contributed by atoms with van der Waals surface area (Å²) in [5.41, 5.74) is 1.25. The number of rotatable bonds is 10. The van der Waals surface area contributed by atoms with Gasteiger partial charge in [0.15, 0.2) is 0 Å². The normalized spacial score (nSPS) is 11.4. The second kappa shape index (κ2) is 8.67. The molecular weight excluding hydrogens is 266 g/mol. The van der Waals surface area contributed by atoms with Gasteiger partial charge >= 0.3 is 5.97 Å². The zero-order valence-electron chi connectivity index (χ0n) is 13.3. The van der Waals surface area contributed by atoms with Gasteiger partial charge in [-0.1, -0.05) is 26.0 Å². The fourth-order valence-corrected chi connectivity index (χ4v) is 2.07. The molecule has 118 valence electrons. The third-order valence-corrected chi connectivity index (χ3v) is 3.53. The van der Waals surface area contributed by atoms with E-state index in [1.165, 1.54) is 5.56 Å².